The molecule has 212 valence electrons. The molecule has 5 heterocycles. The van der Waals surface area contributed by atoms with Crippen LogP contribution in [0, 0.1) is 0 Å². The first-order valence-corrected chi connectivity index (χ1v) is 14.2. The smallest absolute Gasteiger partial charge is 0.421 e. The van der Waals surface area contributed by atoms with Crippen molar-refractivity contribution < 1.29 is 31.2 Å². The highest BCUT2D eigenvalue weighted by molar-refractivity contribution is 9.10. The van der Waals surface area contributed by atoms with Crippen molar-refractivity contribution in [1.82, 2.24) is 29.1 Å². The van der Waals surface area contributed by atoms with Crippen LogP contribution < -0.4 is 9.47 Å². The molecule has 0 spiro atoms. The monoisotopic (exact) mass is 650 g/mol. The first-order chi connectivity index (χ1) is 19.4. The molecule has 0 amide bonds. The number of hydrogen-bond donors (Lipinski definition) is 0. The van der Waals surface area contributed by atoms with Crippen molar-refractivity contribution in [2.75, 3.05) is 5.75 Å². The fourth-order valence-electron chi connectivity index (χ4n) is 4.45. The van der Waals surface area contributed by atoms with Crippen LogP contribution in [-0.2, 0) is 24.9 Å². The molecule has 0 saturated carbocycles. The van der Waals surface area contributed by atoms with Crippen LogP contribution in [0.4, 0.5) is 17.6 Å². The molecule has 1 atom stereocenters. The molecule has 0 aliphatic carbocycles. The summed E-state index contributed by atoms with van der Waals surface area (Å²) in [6.45, 7) is 1.75. The summed E-state index contributed by atoms with van der Waals surface area (Å²) in [5.41, 5.74) is 2.72. The van der Waals surface area contributed by atoms with Crippen LogP contribution in [0.2, 0.25) is 0 Å². The van der Waals surface area contributed by atoms with Crippen molar-refractivity contribution in [3.05, 3.63) is 53.3 Å². The van der Waals surface area contributed by atoms with Gasteiger partial charge in [-0.3, -0.25) is 14.2 Å². The Morgan fingerprint density at radius 3 is 2.15 bits per heavy atom. The highest BCUT2D eigenvalue weighted by Gasteiger charge is 2.66. The number of aryl methyl sites for hydroxylation is 1. The Morgan fingerprint density at radius 1 is 0.878 bits per heavy atom. The van der Waals surface area contributed by atoms with Crippen LogP contribution in [0.25, 0.3) is 45.3 Å². The maximum absolute atomic E-state index is 13.8. The van der Waals surface area contributed by atoms with Crippen molar-refractivity contribution >= 4 is 37.8 Å². The van der Waals surface area contributed by atoms with Crippen molar-refractivity contribution in [1.29, 1.82) is 0 Å². The van der Waals surface area contributed by atoms with E-state index >= 15 is 0 Å². The quantitative estimate of drug-likeness (QED) is 0.217. The minimum absolute atomic E-state index is 0.163. The van der Waals surface area contributed by atoms with Gasteiger partial charge in [-0.25, -0.2) is 9.97 Å². The van der Waals surface area contributed by atoms with Gasteiger partial charge in [0.05, 0.1) is 27.5 Å². The van der Waals surface area contributed by atoms with Gasteiger partial charge in [-0.2, -0.15) is 17.6 Å². The van der Waals surface area contributed by atoms with Gasteiger partial charge in [0.2, 0.25) is 0 Å². The number of ether oxygens (including phenoxy) is 2. The van der Waals surface area contributed by atoms with E-state index in [0.29, 0.717) is 16.5 Å². The SMILES string of the molecule is CCS(=O)c1c(-c2nc3cc4c(cc3n2C)OC(F)(F)C(F)(F)O4)nc(-c2ccc(-c3ccc(Br)cn3)cn2)n1C. The average Bonchev–Trinajstić information content (AvgIpc) is 3.44. The summed E-state index contributed by atoms with van der Waals surface area (Å²) in [6.07, 6.45) is -6.38. The molecule has 15 heteroatoms. The number of nitrogens with zero attached hydrogens (tertiary/aromatic N) is 6. The summed E-state index contributed by atoms with van der Waals surface area (Å²) < 4.78 is 80.9. The van der Waals surface area contributed by atoms with Crippen molar-refractivity contribution in [3.63, 3.8) is 0 Å². The van der Waals surface area contributed by atoms with E-state index in [4.69, 9.17) is 4.98 Å². The number of aromatic nitrogens is 6. The van der Waals surface area contributed by atoms with Gasteiger partial charge >= 0.3 is 12.2 Å². The number of alkyl halides is 4. The Labute approximate surface area is 240 Å². The van der Waals surface area contributed by atoms with Gasteiger partial charge in [-0.15, -0.1) is 0 Å². The van der Waals surface area contributed by atoms with Crippen LogP contribution in [0.1, 0.15) is 6.92 Å². The molecule has 6 rings (SSSR count). The number of rotatable bonds is 5. The van der Waals surface area contributed by atoms with Gasteiger partial charge in [0.25, 0.3) is 0 Å². The largest absolute Gasteiger partial charge is 0.507 e. The first-order valence-electron chi connectivity index (χ1n) is 12.1. The zero-order chi connectivity index (χ0) is 29.3. The molecule has 5 aromatic rings. The summed E-state index contributed by atoms with van der Waals surface area (Å²) >= 11 is 3.36. The zero-order valence-electron chi connectivity index (χ0n) is 21.5. The summed E-state index contributed by atoms with van der Waals surface area (Å²) in [4.78, 5) is 18.2. The average molecular weight is 651 g/mol. The Balaban J connectivity index is 1.46. The van der Waals surface area contributed by atoms with Crippen LogP contribution in [0.5, 0.6) is 11.5 Å². The molecule has 1 unspecified atom stereocenters. The van der Waals surface area contributed by atoms with E-state index in [1.807, 2.05) is 18.2 Å². The predicted molar refractivity (Wildman–Crippen MR) is 145 cm³/mol. The maximum atomic E-state index is 13.8. The van der Waals surface area contributed by atoms with Gasteiger partial charge in [0.1, 0.15) is 16.4 Å². The standard InChI is InChI=1S/C26H19BrF4N6O3S/c1-4-41(38)24-21(35-22(37(24)3)16-7-5-13(11-32-16)15-8-6-14(27)12-33-15)23-34-17-9-19-20(10-18(17)36(23)2)40-26(30,31)25(28,29)39-19/h5-12H,4H2,1-3H3. The third-order valence-electron chi connectivity index (χ3n) is 6.51. The minimum atomic E-state index is -4.86. The van der Waals surface area contributed by atoms with Gasteiger partial charge < -0.3 is 18.6 Å². The highest BCUT2D eigenvalue weighted by atomic mass is 79.9. The molecule has 0 radical (unpaired) electrons. The third-order valence-corrected chi connectivity index (χ3v) is 8.40. The summed E-state index contributed by atoms with van der Waals surface area (Å²) in [7, 11) is 1.80. The fraction of sp³-hybridized carbons (Fsp3) is 0.231. The molecule has 4 aromatic heterocycles. The number of imidazole rings is 2. The lowest BCUT2D eigenvalue weighted by molar-refractivity contribution is -0.391. The van der Waals surface area contributed by atoms with Gasteiger partial charge in [-0.1, -0.05) is 6.92 Å². The van der Waals surface area contributed by atoms with E-state index in [1.165, 1.54) is 4.57 Å². The summed E-state index contributed by atoms with van der Waals surface area (Å²) in [6, 6.07) is 9.56. The molecule has 0 bridgehead atoms. The van der Waals surface area contributed by atoms with Crippen LogP contribution in [0.3, 0.4) is 0 Å². The first kappa shape index (κ1) is 27.3. The highest BCUT2D eigenvalue weighted by Crippen LogP contribution is 2.48. The normalized spacial score (nSPS) is 16.2. The van der Waals surface area contributed by atoms with Crippen molar-refractivity contribution in [2.45, 2.75) is 24.2 Å². The molecule has 0 saturated heterocycles. The number of halogens is 5. The third kappa shape index (κ3) is 4.47. The van der Waals surface area contributed by atoms with Gasteiger partial charge in [0, 0.05) is 54.4 Å². The molecule has 1 aromatic carbocycles. The lowest BCUT2D eigenvalue weighted by Crippen LogP contribution is -2.52. The van der Waals surface area contributed by atoms with E-state index in [0.717, 1.165) is 27.9 Å². The van der Waals surface area contributed by atoms with Crippen LogP contribution >= 0.6 is 15.9 Å². The minimum Gasteiger partial charge on any atom is -0.421 e. The predicted octanol–water partition coefficient (Wildman–Crippen LogP) is 5.94. The van der Waals surface area contributed by atoms with E-state index in [1.54, 1.807) is 44.0 Å². The second kappa shape index (κ2) is 9.62. The molecule has 1 aliphatic heterocycles. The maximum Gasteiger partial charge on any atom is 0.507 e. The molecule has 0 fully saturated rings. The molecule has 41 heavy (non-hydrogen) atoms. The fourth-order valence-corrected chi connectivity index (χ4v) is 5.70. The van der Waals surface area contributed by atoms with Crippen molar-refractivity contribution in [2.24, 2.45) is 14.1 Å². The van der Waals surface area contributed by atoms with E-state index in [2.05, 4.69) is 40.4 Å². The van der Waals surface area contributed by atoms with Gasteiger partial charge in [0.15, 0.2) is 23.1 Å². The lowest BCUT2D eigenvalue weighted by atomic mass is 10.2. The van der Waals surface area contributed by atoms with Crippen LogP contribution in [0.15, 0.2) is 58.3 Å². The molecular formula is C26H19BrF4N6O3S. The Hall–Kier alpha value is -3.85. The topological polar surface area (TPSA) is 97.0 Å². The number of benzene rings is 1. The number of fused-ring (bicyclic) bond motifs is 2. The summed E-state index contributed by atoms with van der Waals surface area (Å²) in [5, 5.41) is 0.358. The Kier molecular flexibility index (Phi) is 6.41. The Morgan fingerprint density at radius 2 is 1.54 bits per heavy atom. The number of hydrogen-bond acceptors (Lipinski definition) is 7. The summed E-state index contributed by atoms with van der Waals surface area (Å²) in [5.74, 6) is -0.231. The van der Waals surface area contributed by atoms with Crippen LogP contribution in [-0.4, -0.2) is 51.2 Å². The van der Waals surface area contributed by atoms with Crippen molar-refractivity contribution in [3.8, 4) is 45.8 Å². The lowest BCUT2D eigenvalue weighted by Gasteiger charge is -2.31. The Bertz CT molecular complexity index is 1840. The molecule has 9 nitrogen and oxygen atoms in total. The van der Waals surface area contributed by atoms with Gasteiger partial charge in [-0.05, 0) is 40.2 Å². The molecular weight excluding hydrogens is 632 g/mol. The second-order valence-electron chi connectivity index (χ2n) is 9.10. The van der Waals surface area contributed by atoms with E-state index in [-0.39, 0.29) is 28.3 Å². The number of pyridine rings is 2. The zero-order valence-corrected chi connectivity index (χ0v) is 23.9. The van der Waals surface area contributed by atoms with E-state index in [9.17, 15) is 21.8 Å². The molecule has 1 aliphatic rings. The second-order valence-corrected chi connectivity index (χ2v) is 11.7. The molecule has 0 N–H and O–H groups in total. The van der Waals surface area contributed by atoms with E-state index < -0.39 is 34.5 Å².